The summed E-state index contributed by atoms with van der Waals surface area (Å²) >= 11 is 0. The van der Waals surface area contributed by atoms with Gasteiger partial charge >= 0.3 is 5.97 Å². The Kier molecular flexibility index (Phi) is 3.79. The standard InChI is InChI=1S/C13H13FN2O3/c1-2-8-6-16-11(19-8)7-15-10-5-3-4-9(14)12(10)13(17)18/h3-6,15H,2,7H2,1H3,(H,17,18). The minimum absolute atomic E-state index is 0.198. The predicted octanol–water partition coefficient (Wildman–Crippen LogP) is 2.69. The Morgan fingerprint density at radius 1 is 1.53 bits per heavy atom. The lowest BCUT2D eigenvalue weighted by atomic mass is 10.1. The number of hydrogen-bond acceptors (Lipinski definition) is 4. The number of nitrogens with zero attached hydrogens (tertiary/aromatic N) is 1. The van der Waals surface area contributed by atoms with Crippen LogP contribution in [0.25, 0.3) is 0 Å². The third-order valence-electron chi connectivity index (χ3n) is 2.61. The van der Waals surface area contributed by atoms with E-state index < -0.39 is 11.8 Å². The van der Waals surface area contributed by atoms with Crippen LogP contribution in [0.3, 0.4) is 0 Å². The van der Waals surface area contributed by atoms with Gasteiger partial charge in [-0.25, -0.2) is 14.2 Å². The van der Waals surface area contributed by atoms with Crippen molar-refractivity contribution in [1.29, 1.82) is 0 Å². The highest BCUT2D eigenvalue weighted by Gasteiger charge is 2.15. The summed E-state index contributed by atoms with van der Waals surface area (Å²) in [5, 5.41) is 11.8. The van der Waals surface area contributed by atoms with E-state index in [1.165, 1.54) is 12.1 Å². The van der Waals surface area contributed by atoms with E-state index in [9.17, 15) is 9.18 Å². The molecule has 0 atom stereocenters. The van der Waals surface area contributed by atoms with E-state index in [1.807, 2.05) is 6.92 Å². The summed E-state index contributed by atoms with van der Waals surface area (Å²) in [4.78, 5) is 15.0. The number of rotatable bonds is 5. The molecule has 2 rings (SSSR count). The molecule has 0 fully saturated rings. The summed E-state index contributed by atoms with van der Waals surface area (Å²) in [6.45, 7) is 2.14. The molecule has 0 unspecified atom stereocenters. The number of benzene rings is 1. The number of aromatic carboxylic acids is 1. The van der Waals surface area contributed by atoms with Crippen molar-refractivity contribution < 1.29 is 18.7 Å². The zero-order valence-electron chi connectivity index (χ0n) is 10.3. The highest BCUT2D eigenvalue weighted by atomic mass is 19.1. The summed E-state index contributed by atoms with van der Waals surface area (Å²) in [6.07, 6.45) is 2.34. The minimum atomic E-state index is -1.32. The molecule has 2 aromatic rings. The highest BCUT2D eigenvalue weighted by Crippen LogP contribution is 2.19. The first kappa shape index (κ1) is 13.1. The van der Waals surface area contributed by atoms with Crippen molar-refractivity contribution in [2.45, 2.75) is 19.9 Å². The molecular formula is C13H13FN2O3. The van der Waals surface area contributed by atoms with E-state index in [1.54, 1.807) is 6.20 Å². The molecule has 6 heteroatoms. The molecular weight excluding hydrogens is 251 g/mol. The molecule has 0 aliphatic rings. The number of halogens is 1. The smallest absolute Gasteiger partial charge is 0.340 e. The van der Waals surface area contributed by atoms with Gasteiger partial charge in [-0.05, 0) is 12.1 Å². The van der Waals surface area contributed by atoms with Crippen molar-refractivity contribution >= 4 is 11.7 Å². The number of aryl methyl sites for hydroxylation is 1. The molecule has 0 bridgehead atoms. The number of carbonyl (C=O) groups is 1. The molecule has 1 aromatic heterocycles. The van der Waals surface area contributed by atoms with Crippen molar-refractivity contribution in [2.24, 2.45) is 0 Å². The van der Waals surface area contributed by atoms with Gasteiger partial charge in [0.1, 0.15) is 17.1 Å². The second kappa shape index (κ2) is 5.51. The second-order valence-corrected chi connectivity index (χ2v) is 3.89. The fourth-order valence-electron chi connectivity index (χ4n) is 1.65. The van der Waals surface area contributed by atoms with Crippen molar-refractivity contribution in [1.82, 2.24) is 4.98 Å². The number of nitrogens with one attached hydrogen (secondary N) is 1. The van der Waals surface area contributed by atoms with Gasteiger partial charge in [-0.1, -0.05) is 13.0 Å². The maximum absolute atomic E-state index is 13.4. The first-order valence-corrected chi connectivity index (χ1v) is 5.81. The predicted molar refractivity (Wildman–Crippen MR) is 66.6 cm³/mol. The number of anilines is 1. The largest absolute Gasteiger partial charge is 0.478 e. The zero-order valence-corrected chi connectivity index (χ0v) is 10.3. The summed E-state index contributed by atoms with van der Waals surface area (Å²) in [6, 6.07) is 4.04. The Morgan fingerprint density at radius 3 is 2.95 bits per heavy atom. The van der Waals surface area contributed by atoms with E-state index >= 15 is 0 Å². The van der Waals surface area contributed by atoms with Gasteiger partial charge in [0.2, 0.25) is 5.89 Å². The lowest BCUT2D eigenvalue weighted by Crippen LogP contribution is -2.08. The van der Waals surface area contributed by atoms with Crippen LogP contribution in [0.1, 0.15) is 28.9 Å². The number of carboxylic acid groups (broad SMARTS) is 1. The molecule has 19 heavy (non-hydrogen) atoms. The first-order chi connectivity index (χ1) is 9.11. The van der Waals surface area contributed by atoms with Crippen LogP contribution < -0.4 is 5.32 Å². The topological polar surface area (TPSA) is 75.4 Å². The molecule has 0 aliphatic carbocycles. The summed E-state index contributed by atoms with van der Waals surface area (Å²) in [5.41, 5.74) is -0.187. The molecule has 1 heterocycles. The van der Waals surface area contributed by atoms with Crippen molar-refractivity contribution in [3.63, 3.8) is 0 Å². The highest BCUT2D eigenvalue weighted by molar-refractivity contribution is 5.94. The normalized spacial score (nSPS) is 10.4. The van der Waals surface area contributed by atoms with Crippen LogP contribution in [0.5, 0.6) is 0 Å². The molecule has 2 N–H and O–H groups in total. The first-order valence-electron chi connectivity index (χ1n) is 5.81. The Morgan fingerprint density at radius 2 is 2.32 bits per heavy atom. The maximum Gasteiger partial charge on any atom is 0.340 e. The zero-order chi connectivity index (χ0) is 13.8. The monoisotopic (exact) mass is 264 g/mol. The van der Waals surface area contributed by atoms with Gasteiger partial charge in [-0.3, -0.25) is 0 Å². The average Bonchev–Trinajstić information content (AvgIpc) is 2.83. The van der Waals surface area contributed by atoms with Crippen LogP contribution >= 0.6 is 0 Å². The lowest BCUT2D eigenvalue weighted by molar-refractivity contribution is 0.0693. The maximum atomic E-state index is 13.4. The molecule has 0 saturated heterocycles. The van der Waals surface area contributed by atoms with E-state index in [0.29, 0.717) is 5.89 Å². The fraction of sp³-hybridized carbons (Fsp3) is 0.231. The van der Waals surface area contributed by atoms with Gasteiger partial charge in [-0.2, -0.15) is 0 Å². The third kappa shape index (κ3) is 2.90. The average molecular weight is 264 g/mol. The van der Waals surface area contributed by atoms with Crippen LogP contribution in [0.2, 0.25) is 0 Å². The third-order valence-corrected chi connectivity index (χ3v) is 2.61. The van der Waals surface area contributed by atoms with Crippen LogP contribution in [-0.4, -0.2) is 16.1 Å². The van der Waals surface area contributed by atoms with Crippen molar-refractivity contribution in [3.8, 4) is 0 Å². The molecule has 0 spiro atoms. The SMILES string of the molecule is CCc1cnc(CNc2cccc(F)c2C(=O)O)o1. The quantitative estimate of drug-likeness (QED) is 0.868. The van der Waals surface area contributed by atoms with Gasteiger partial charge in [0.15, 0.2) is 0 Å². The van der Waals surface area contributed by atoms with E-state index in [4.69, 9.17) is 9.52 Å². The Balaban J connectivity index is 2.15. The molecule has 100 valence electrons. The molecule has 0 saturated carbocycles. The van der Waals surface area contributed by atoms with Crippen molar-refractivity contribution in [2.75, 3.05) is 5.32 Å². The second-order valence-electron chi connectivity index (χ2n) is 3.89. The molecule has 0 radical (unpaired) electrons. The van der Waals surface area contributed by atoms with Crippen LogP contribution in [0.15, 0.2) is 28.8 Å². The van der Waals surface area contributed by atoms with Crippen LogP contribution in [0, 0.1) is 5.82 Å². The number of oxazole rings is 1. The fourth-order valence-corrected chi connectivity index (χ4v) is 1.65. The Hall–Kier alpha value is -2.37. The molecule has 0 amide bonds. The van der Waals surface area contributed by atoms with Crippen molar-refractivity contribution in [3.05, 3.63) is 47.4 Å². The summed E-state index contributed by atoms with van der Waals surface area (Å²) in [7, 11) is 0. The Labute approximate surface area is 109 Å². The van der Waals surface area contributed by atoms with E-state index in [-0.39, 0.29) is 17.8 Å². The lowest BCUT2D eigenvalue weighted by Gasteiger charge is -2.08. The summed E-state index contributed by atoms with van der Waals surface area (Å²) < 4.78 is 18.8. The van der Waals surface area contributed by atoms with Gasteiger partial charge in [0, 0.05) is 6.42 Å². The van der Waals surface area contributed by atoms with E-state index in [0.717, 1.165) is 18.2 Å². The van der Waals surface area contributed by atoms with Gasteiger partial charge < -0.3 is 14.8 Å². The minimum Gasteiger partial charge on any atom is -0.478 e. The molecule has 0 aliphatic heterocycles. The molecule has 1 aromatic carbocycles. The number of aromatic nitrogens is 1. The van der Waals surface area contributed by atoms with Crippen LogP contribution in [-0.2, 0) is 13.0 Å². The van der Waals surface area contributed by atoms with Crippen LogP contribution in [0.4, 0.5) is 10.1 Å². The Bertz CT molecular complexity index is 595. The number of hydrogen-bond donors (Lipinski definition) is 2. The van der Waals surface area contributed by atoms with Gasteiger partial charge in [0.05, 0.1) is 18.4 Å². The number of carboxylic acids is 1. The summed E-state index contributed by atoms with van der Waals surface area (Å²) in [5.74, 6) is -0.923. The van der Waals surface area contributed by atoms with Gasteiger partial charge in [-0.15, -0.1) is 0 Å². The van der Waals surface area contributed by atoms with Gasteiger partial charge in [0.25, 0.3) is 0 Å². The molecule has 5 nitrogen and oxygen atoms in total. The van der Waals surface area contributed by atoms with E-state index in [2.05, 4.69) is 10.3 Å².